The second-order valence-corrected chi connectivity index (χ2v) is 11.1. The number of rotatable bonds is 12. The maximum Gasteiger partial charge on any atom is 0.541 e. The summed E-state index contributed by atoms with van der Waals surface area (Å²) in [4.78, 5) is 10.8. The van der Waals surface area contributed by atoms with Crippen LogP contribution in [-0.4, -0.2) is 4.89 Å². The summed E-state index contributed by atoms with van der Waals surface area (Å²) in [7, 11) is -7.07. The van der Waals surface area contributed by atoms with Crippen molar-refractivity contribution in [3.05, 3.63) is 134 Å². The van der Waals surface area contributed by atoms with Crippen LogP contribution in [0.3, 0.4) is 0 Å². The third-order valence-corrected chi connectivity index (χ3v) is 7.74. The van der Waals surface area contributed by atoms with Crippen molar-refractivity contribution in [1.82, 2.24) is 5.09 Å². The molecule has 0 fully saturated rings. The van der Waals surface area contributed by atoms with Crippen LogP contribution in [0.5, 0.6) is 23.0 Å². The van der Waals surface area contributed by atoms with Crippen LogP contribution in [0.2, 0.25) is 0 Å². The van der Waals surface area contributed by atoms with Gasteiger partial charge in [-0.25, -0.2) is 4.57 Å². The second-order valence-electron chi connectivity index (χ2n) is 7.62. The Labute approximate surface area is 216 Å². The van der Waals surface area contributed by atoms with Crippen molar-refractivity contribution in [3.8, 4) is 34.1 Å². The van der Waals surface area contributed by atoms with Crippen molar-refractivity contribution in [2.45, 2.75) is 0 Å². The van der Waals surface area contributed by atoms with Crippen molar-refractivity contribution >= 4 is 15.7 Å². The summed E-state index contributed by atoms with van der Waals surface area (Å²) in [5, 5.41) is 2.57. The van der Waals surface area contributed by atoms with Gasteiger partial charge >= 0.3 is 15.7 Å². The van der Waals surface area contributed by atoms with E-state index in [1.807, 2.05) is 36.4 Å². The molecule has 0 aromatic heterocycles. The van der Waals surface area contributed by atoms with E-state index in [1.54, 1.807) is 72.8 Å². The van der Waals surface area contributed by atoms with E-state index in [0.29, 0.717) is 23.0 Å². The third kappa shape index (κ3) is 7.25. The molecule has 7 nitrogen and oxygen atoms in total. The molecule has 0 bridgehead atoms. The molecule has 4 aromatic rings. The molecule has 0 heterocycles. The lowest BCUT2D eigenvalue weighted by atomic mass is 10.1. The van der Waals surface area contributed by atoms with Gasteiger partial charge in [0.05, 0.1) is 0 Å². The topological polar surface area (TPSA) is 86.3 Å². The lowest BCUT2D eigenvalue weighted by Crippen LogP contribution is -2.13. The van der Waals surface area contributed by atoms with Gasteiger partial charge in [-0.2, -0.15) is 4.89 Å². The average Bonchev–Trinajstić information content (AvgIpc) is 2.91. The van der Waals surface area contributed by atoms with E-state index in [-0.39, 0.29) is 0 Å². The Morgan fingerprint density at radius 2 is 1.05 bits per heavy atom. The molecule has 2 N–H and O–H groups in total. The largest absolute Gasteiger partial charge is 0.541 e. The van der Waals surface area contributed by atoms with Crippen LogP contribution in [0.4, 0.5) is 0 Å². The second kappa shape index (κ2) is 11.8. The van der Waals surface area contributed by atoms with Gasteiger partial charge in [-0.3, -0.25) is 14.1 Å². The Balaban J connectivity index is 1.43. The molecule has 9 heteroatoms. The highest BCUT2D eigenvalue weighted by Gasteiger charge is 2.40. The number of hydrogen-bond acceptors (Lipinski definition) is 6. The Morgan fingerprint density at radius 1 is 0.649 bits per heavy atom. The zero-order chi connectivity index (χ0) is 26.1. The average molecular weight is 534 g/mol. The molecule has 0 spiro atoms. The van der Waals surface area contributed by atoms with Crippen LogP contribution in [0, 0.1) is 0 Å². The summed E-state index contributed by atoms with van der Waals surface area (Å²) in [5.74, 6) is 2.97. The van der Waals surface area contributed by atoms with Gasteiger partial charge in [0.25, 0.3) is 0 Å². The van der Waals surface area contributed by atoms with E-state index < -0.39 is 15.7 Å². The first-order chi connectivity index (χ1) is 17.9. The van der Waals surface area contributed by atoms with E-state index in [9.17, 15) is 9.46 Å². The van der Waals surface area contributed by atoms with E-state index in [2.05, 4.69) is 18.2 Å². The lowest BCUT2D eigenvalue weighted by Gasteiger charge is -2.19. The first-order valence-corrected chi connectivity index (χ1v) is 14.4. The number of benzene rings is 4. The summed E-state index contributed by atoms with van der Waals surface area (Å²) >= 11 is 0. The van der Waals surface area contributed by atoms with Gasteiger partial charge in [-0.1, -0.05) is 73.8 Å². The summed E-state index contributed by atoms with van der Waals surface area (Å²) in [5.41, 5.74) is 1.79. The molecule has 0 aliphatic carbocycles. The fourth-order valence-corrected chi connectivity index (χ4v) is 5.43. The van der Waals surface area contributed by atoms with Crippen molar-refractivity contribution in [2.75, 3.05) is 0 Å². The highest BCUT2D eigenvalue weighted by molar-refractivity contribution is 7.64. The predicted octanol–water partition coefficient (Wildman–Crippen LogP) is 8.01. The SMILES string of the molecule is C=CNP(=O)(Oc1ccccc1)Oc1ccc(-c2ccc(O[P+](O)(C=C)Oc3ccccc3)cc2)cc1. The molecular formula is C28H26NO6P2+. The molecular weight excluding hydrogens is 508 g/mol. The molecule has 0 aliphatic heterocycles. The van der Waals surface area contributed by atoms with Gasteiger partial charge in [0, 0.05) is 6.20 Å². The molecule has 0 saturated carbocycles. The van der Waals surface area contributed by atoms with Crippen molar-refractivity contribution in [3.63, 3.8) is 0 Å². The third-order valence-electron chi connectivity index (χ3n) is 4.93. The molecule has 0 radical (unpaired) electrons. The normalized spacial score (nSPS) is 13.8. The summed E-state index contributed by atoms with van der Waals surface area (Å²) < 4.78 is 35.7. The Bertz CT molecular complexity index is 1370. The van der Waals surface area contributed by atoms with E-state index in [0.717, 1.165) is 11.1 Å². The number of nitrogens with one attached hydrogen (secondary N) is 1. The lowest BCUT2D eigenvalue weighted by molar-refractivity contribution is 0.360. The minimum atomic E-state index is -3.73. The summed E-state index contributed by atoms with van der Waals surface area (Å²) in [6, 6.07) is 31.9. The van der Waals surface area contributed by atoms with Gasteiger partial charge in [0.2, 0.25) is 0 Å². The Morgan fingerprint density at radius 3 is 1.51 bits per heavy atom. The van der Waals surface area contributed by atoms with Crippen LogP contribution >= 0.6 is 15.7 Å². The summed E-state index contributed by atoms with van der Waals surface area (Å²) in [6.45, 7) is 7.22. The van der Waals surface area contributed by atoms with Gasteiger partial charge < -0.3 is 9.05 Å². The van der Waals surface area contributed by atoms with Gasteiger partial charge in [-0.05, 0) is 59.7 Å². The van der Waals surface area contributed by atoms with Crippen molar-refractivity contribution in [1.29, 1.82) is 0 Å². The Hall–Kier alpha value is -4.02. The first-order valence-electron chi connectivity index (χ1n) is 11.2. The van der Waals surface area contributed by atoms with Crippen LogP contribution in [0.15, 0.2) is 134 Å². The predicted molar refractivity (Wildman–Crippen MR) is 148 cm³/mol. The van der Waals surface area contributed by atoms with Crippen LogP contribution in [0.25, 0.3) is 11.1 Å². The van der Waals surface area contributed by atoms with E-state index in [1.165, 1.54) is 12.0 Å². The first kappa shape index (κ1) is 26.1. The molecule has 2 atom stereocenters. The molecule has 4 aromatic carbocycles. The van der Waals surface area contributed by atoms with Gasteiger partial charge in [-0.15, -0.1) is 0 Å². The minimum Gasteiger partial charge on any atom is -0.400 e. The van der Waals surface area contributed by atoms with Crippen LogP contribution in [-0.2, 0) is 4.57 Å². The molecule has 0 amide bonds. The molecule has 188 valence electrons. The molecule has 37 heavy (non-hydrogen) atoms. The minimum absolute atomic E-state index is 0.358. The highest BCUT2D eigenvalue weighted by Crippen LogP contribution is 2.57. The maximum atomic E-state index is 13.1. The van der Waals surface area contributed by atoms with Crippen LogP contribution < -0.4 is 23.2 Å². The molecule has 0 aliphatic rings. The smallest absolute Gasteiger partial charge is 0.400 e. The molecule has 4 rings (SSSR count). The highest BCUT2D eigenvalue weighted by atomic mass is 31.2. The Kier molecular flexibility index (Phi) is 8.32. The molecule has 2 unspecified atom stereocenters. The standard InChI is InChI=1S/C28H26NO6P2/c1-3-29-37(31,34-26-13-9-6-10-14-26)35-28-21-17-24(18-22-28)23-15-19-27(20-16-23)33-36(30,4-2)32-25-11-7-5-8-12-25/h3-22,30H,1-2H2,(H,29,31)/q+1. The van der Waals surface area contributed by atoms with E-state index in [4.69, 9.17) is 18.1 Å². The fourth-order valence-electron chi connectivity index (χ4n) is 3.24. The number of para-hydroxylation sites is 2. The monoisotopic (exact) mass is 534 g/mol. The zero-order valence-electron chi connectivity index (χ0n) is 19.8. The van der Waals surface area contributed by atoms with Crippen molar-refractivity contribution < 1.29 is 27.6 Å². The summed E-state index contributed by atoms with van der Waals surface area (Å²) in [6.07, 6.45) is 1.27. The molecule has 0 saturated heterocycles. The maximum absolute atomic E-state index is 13.1. The zero-order valence-corrected chi connectivity index (χ0v) is 21.6. The quantitative estimate of drug-likeness (QED) is 0.178. The fraction of sp³-hybridized carbons (Fsp3) is 0. The van der Waals surface area contributed by atoms with Crippen LogP contribution in [0.1, 0.15) is 0 Å². The van der Waals surface area contributed by atoms with E-state index >= 15 is 0 Å². The van der Waals surface area contributed by atoms with Crippen molar-refractivity contribution in [2.24, 2.45) is 0 Å². The van der Waals surface area contributed by atoms with Gasteiger partial charge in [0.1, 0.15) is 11.5 Å². The number of hydrogen-bond donors (Lipinski definition) is 2. The van der Waals surface area contributed by atoms with Gasteiger partial charge in [0.15, 0.2) is 17.3 Å².